The minimum absolute atomic E-state index is 0.00848. The Kier molecular flexibility index (Phi) is 9.74. The monoisotopic (exact) mass is 472 g/mol. The van der Waals surface area contributed by atoms with Crippen LogP contribution in [0, 0.1) is 0 Å². The van der Waals surface area contributed by atoms with E-state index in [0.717, 1.165) is 23.9 Å². The fourth-order valence-corrected chi connectivity index (χ4v) is 3.68. The molecule has 33 heavy (non-hydrogen) atoms. The van der Waals surface area contributed by atoms with Crippen LogP contribution in [0.4, 0.5) is 4.79 Å². The number of sulfonamides is 1. The maximum atomic E-state index is 12.0. The third kappa shape index (κ3) is 8.15. The summed E-state index contributed by atoms with van der Waals surface area (Å²) in [6, 6.07) is 12.4. The van der Waals surface area contributed by atoms with Crippen LogP contribution in [0.15, 0.2) is 64.5 Å². The predicted octanol–water partition coefficient (Wildman–Crippen LogP) is 2.92. The number of benzene rings is 2. The average Bonchev–Trinajstić information content (AvgIpc) is 2.80. The molecule has 0 bridgehead atoms. The van der Waals surface area contributed by atoms with Crippen molar-refractivity contribution in [2.24, 2.45) is 0 Å². The van der Waals surface area contributed by atoms with Gasteiger partial charge < -0.3 is 10.3 Å². The summed E-state index contributed by atoms with van der Waals surface area (Å²) >= 11 is 0. The van der Waals surface area contributed by atoms with Crippen LogP contribution >= 0.6 is 0 Å². The van der Waals surface area contributed by atoms with E-state index < -0.39 is 16.1 Å². The Bertz CT molecular complexity index is 1230. The van der Waals surface area contributed by atoms with Crippen LogP contribution in [0.1, 0.15) is 38.7 Å². The number of Topliss-reactive ketones (excluding diaryl/α,β-unsaturated/α-hetero) is 1. The van der Waals surface area contributed by atoms with Gasteiger partial charge in [-0.3, -0.25) is 9.59 Å². The van der Waals surface area contributed by atoms with Crippen molar-refractivity contribution in [3.63, 3.8) is 0 Å². The van der Waals surface area contributed by atoms with Crippen molar-refractivity contribution in [3.05, 3.63) is 70.8 Å². The average molecular weight is 473 g/mol. The number of aromatic nitrogens is 2. The first kappa shape index (κ1) is 25.7. The molecule has 0 aliphatic rings. The number of rotatable bonds is 8. The number of amides is 2. The molecule has 0 radical (unpaired) electrons. The summed E-state index contributed by atoms with van der Waals surface area (Å²) in [5.41, 5.74) is 1.39. The molecule has 0 saturated heterocycles. The summed E-state index contributed by atoms with van der Waals surface area (Å²) in [7, 11) is -3.89. The fraction of sp³-hybridized carbons (Fsp3) is 0.304. The Balaban J connectivity index is 0.000000288. The van der Waals surface area contributed by atoms with Crippen LogP contribution in [0.3, 0.4) is 0 Å². The number of aromatic amines is 1. The maximum absolute atomic E-state index is 12.0. The highest BCUT2D eigenvalue weighted by Crippen LogP contribution is 2.11. The second kappa shape index (κ2) is 12.5. The summed E-state index contributed by atoms with van der Waals surface area (Å²) in [6.07, 6.45) is 3.82. The standard InChI is InChI=1S/C15H22N2O4S.C8H6N2O/c1-3-5-10-16-15(19)17-22(20,21)14-8-6-12(7-9-14)11-13(18)4-2;11-8-6-3-1-2-4-7(6)9-5-10-8/h6-9H,3-5,10-11H2,1-2H3,(H2,16,17,19);1-5H,(H,9,10,11). The van der Waals surface area contributed by atoms with Crippen molar-refractivity contribution in [3.8, 4) is 0 Å². The lowest BCUT2D eigenvalue weighted by atomic mass is 10.1. The zero-order valence-electron chi connectivity index (χ0n) is 18.6. The number of urea groups is 1. The van der Waals surface area contributed by atoms with Crippen molar-refractivity contribution in [1.82, 2.24) is 20.0 Å². The second-order valence-electron chi connectivity index (χ2n) is 7.18. The third-order valence-electron chi connectivity index (χ3n) is 4.62. The number of nitrogens with one attached hydrogen (secondary N) is 3. The molecule has 3 aromatic rings. The van der Waals surface area contributed by atoms with Gasteiger partial charge in [-0.05, 0) is 36.2 Å². The van der Waals surface area contributed by atoms with Gasteiger partial charge in [-0.2, -0.15) is 0 Å². The maximum Gasteiger partial charge on any atom is 0.328 e. The number of hydrogen-bond donors (Lipinski definition) is 3. The quantitative estimate of drug-likeness (QED) is 0.431. The van der Waals surface area contributed by atoms with E-state index in [9.17, 15) is 22.8 Å². The van der Waals surface area contributed by atoms with E-state index in [1.807, 2.05) is 29.8 Å². The largest absolute Gasteiger partial charge is 0.337 e. The Hall–Kier alpha value is -3.53. The van der Waals surface area contributed by atoms with Gasteiger partial charge in [0.05, 0.1) is 22.1 Å². The Morgan fingerprint density at radius 2 is 1.73 bits per heavy atom. The Morgan fingerprint density at radius 3 is 2.36 bits per heavy atom. The topological polar surface area (TPSA) is 138 Å². The highest BCUT2D eigenvalue weighted by atomic mass is 32.2. The molecular formula is C23H28N4O5S. The number of fused-ring (bicyclic) bond motifs is 1. The van der Waals surface area contributed by atoms with Gasteiger partial charge in [-0.15, -0.1) is 0 Å². The van der Waals surface area contributed by atoms with Crippen LogP contribution in [0.25, 0.3) is 10.9 Å². The Labute approximate surface area is 192 Å². The molecule has 0 aliphatic heterocycles. The molecule has 0 atom stereocenters. The van der Waals surface area contributed by atoms with Crippen molar-refractivity contribution in [2.75, 3.05) is 6.54 Å². The molecule has 0 unspecified atom stereocenters. The lowest BCUT2D eigenvalue weighted by Crippen LogP contribution is -2.39. The first-order valence-corrected chi connectivity index (χ1v) is 12.1. The van der Waals surface area contributed by atoms with Crippen molar-refractivity contribution < 1.29 is 18.0 Å². The molecule has 2 aromatic carbocycles. The second-order valence-corrected chi connectivity index (χ2v) is 8.86. The minimum atomic E-state index is -3.89. The molecule has 1 aromatic heterocycles. The SMILES string of the molecule is CCCCNC(=O)NS(=O)(=O)c1ccc(CC(=O)CC)cc1.O=c1[nH]cnc2ccccc12. The molecule has 2 amide bonds. The summed E-state index contributed by atoms with van der Waals surface area (Å²) in [4.78, 5) is 40.4. The molecule has 0 fully saturated rings. The van der Waals surface area contributed by atoms with Crippen LogP contribution in [-0.4, -0.2) is 36.7 Å². The minimum Gasteiger partial charge on any atom is -0.337 e. The number of nitrogens with zero attached hydrogens (tertiary/aromatic N) is 1. The lowest BCUT2D eigenvalue weighted by molar-refractivity contribution is -0.118. The zero-order chi connectivity index (χ0) is 24.3. The molecule has 0 aliphatic carbocycles. The first-order valence-electron chi connectivity index (χ1n) is 10.6. The van der Waals surface area contributed by atoms with Gasteiger partial charge in [0.25, 0.3) is 15.6 Å². The van der Waals surface area contributed by atoms with Crippen LogP contribution < -0.4 is 15.6 Å². The van der Waals surface area contributed by atoms with Gasteiger partial charge in [0.1, 0.15) is 5.78 Å². The number of carbonyl (C=O) groups excluding carboxylic acids is 2. The van der Waals surface area contributed by atoms with Gasteiger partial charge in [0.15, 0.2) is 0 Å². The molecule has 1 heterocycles. The molecule has 9 nitrogen and oxygen atoms in total. The lowest BCUT2D eigenvalue weighted by Gasteiger charge is -2.09. The molecule has 176 valence electrons. The Morgan fingerprint density at radius 1 is 1.03 bits per heavy atom. The van der Waals surface area contributed by atoms with E-state index in [0.29, 0.717) is 18.4 Å². The van der Waals surface area contributed by atoms with E-state index in [4.69, 9.17) is 0 Å². The van der Waals surface area contributed by atoms with E-state index in [1.165, 1.54) is 18.5 Å². The molecule has 10 heteroatoms. The summed E-state index contributed by atoms with van der Waals surface area (Å²) in [5.74, 6) is 0.0871. The number of H-pyrrole nitrogens is 1. The predicted molar refractivity (Wildman–Crippen MR) is 126 cm³/mol. The van der Waals surface area contributed by atoms with Gasteiger partial charge in [-0.25, -0.2) is 22.9 Å². The van der Waals surface area contributed by atoms with Crippen molar-refractivity contribution in [1.29, 1.82) is 0 Å². The molecule has 0 spiro atoms. The molecule has 0 saturated carbocycles. The van der Waals surface area contributed by atoms with Crippen LogP contribution in [-0.2, 0) is 21.2 Å². The first-order chi connectivity index (χ1) is 15.8. The van der Waals surface area contributed by atoms with Gasteiger partial charge >= 0.3 is 6.03 Å². The summed E-state index contributed by atoms with van der Waals surface area (Å²) in [6.45, 7) is 4.18. The molecule has 3 rings (SSSR count). The van der Waals surface area contributed by atoms with Gasteiger partial charge in [-0.1, -0.05) is 44.5 Å². The smallest absolute Gasteiger partial charge is 0.328 e. The summed E-state index contributed by atoms with van der Waals surface area (Å²) in [5, 5.41) is 3.11. The normalized spacial score (nSPS) is 10.7. The van der Waals surface area contributed by atoms with E-state index in [2.05, 4.69) is 15.3 Å². The number of hydrogen-bond acceptors (Lipinski definition) is 6. The molecular weight excluding hydrogens is 444 g/mol. The van der Waals surface area contributed by atoms with E-state index >= 15 is 0 Å². The number of para-hydroxylation sites is 1. The van der Waals surface area contributed by atoms with Gasteiger partial charge in [0.2, 0.25) is 0 Å². The highest BCUT2D eigenvalue weighted by Gasteiger charge is 2.17. The van der Waals surface area contributed by atoms with Crippen molar-refractivity contribution in [2.45, 2.75) is 44.4 Å². The molecule has 3 N–H and O–H groups in total. The number of carbonyl (C=O) groups is 2. The zero-order valence-corrected chi connectivity index (χ0v) is 19.4. The number of unbranched alkanes of at least 4 members (excludes halogenated alkanes) is 1. The highest BCUT2D eigenvalue weighted by molar-refractivity contribution is 7.90. The van der Waals surface area contributed by atoms with Gasteiger partial charge in [0, 0.05) is 19.4 Å². The van der Waals surface area contributed by atoms with Crippen molar-refractivity contribution >= 4 is 32.7 Å². The third-order valence-corrected chi connectivity index (χ3v) is 5.97. The van der Waals surface area contributed by atoms with Crippen LogP contribution in [0.2, 0.25) is 0 Å². The van der Waals surface area contributed by atoms with Crippen LogP contribution in [0.5, 0.6) is 0 Å². The van der Waals surface area contributed by atoms with E-state index in [1.54, 1.807) is 25.1 Å². The summed E-state index contributed by atoms with van der Waals surface area (Å²) < 4.78 is 26.0. The fourth-order valence-electron chi connectivity index (χ4n) is 2.75. The van der Waals surface area contributed by atoms with E-state index in [-0.39, 0.29) is 22.7 Å². The number of ketones is 1.